The third-order valence-corrected chi connectivity index (χ3v) is 2.34. The van der Waals surface area contributed by atoms with E-state index in [0.29, 0.717) is 6.54 Å². The molecule has 0 radical (unpaired) electrons. The summed E-state index contributed by atoms with van der Waals surface area (Å²) in [6.45, 7) is 3.16. The summed E-state index contributed by atoms with van der Waals surface area (Å²) in [4.78, 5) is 13.2. The van der Waals surface area contributed by atoms with Crippen LogP contribution in [0.15, 0.2) is 0 Å². The van der Waals surface area contributed by atoms with E-state index in [4.69, 9.17) is 0 Å². The summed E-state index contributed by atoms with van der Waals surface area (Å²) in [6, 6.07) is -0.139. The third-order valence-electron chi connectivity index (χ3n) is 2.34. The van der Waals surface area contributed by atoms with Gasteiger partial charge in [-0.3, -0.25) is 9.69 Å². The number of carbonyl (C=O) groups excluding carboxylic acids is 1. The van der Waals surface area contributed by atoms with Gasteiger partial charge in [0, 0.05) is 6.54 Å². The van der Waals surface area contributed by atoms with Crippen molar-refractivity contribution < 1.29 is 14.6 Å². The SMILES string of the molecule is COC(=O)C1CCCN1CC(C)O. The molecule has 2 atom stereocenters. The van der Waals surface area contributed by atoms with Crippen LogP contribution in [0.4, 0.5) is 0 Å². The van der Waals surface area contributed by atoms with Crippen LogP contribution in [-0.2, 0) is 9.53 Å². The number of carbonyl (C=O) groups is 1. The molecule has 0 aromatic heterocycles. The first-order valence-electron chi connectivity index (χ1n) is 4.65. The zero-order chi connectivity index (χ0) is 9.84. The largest absolute Gasteiger partial charge is 0.468 e. The van der Waals surface area contributed by atoms with E-state index in [2.05, 4.69) is 4.74 Å². The van der Waals surface area contributed by atoms with Crippen LogP contribution in [0.3, 0.4) is 0 Å². The van der Waals surface area contributed by atoms with E-state index in [1.807, 2.05) is 4.90 Å². The normalized spacial score (nSPS) is 25.9. The van der Waals surface area contributed by atoms with Crippen LogP contribution in [0, 0.1) is 0 Å². The molecular formula is C9H17NO3. The summed E-state index contributed by atoms with van der Waals surface area (Å²) in [7, 11) is 1.40. The van der Waals surface area contributed by atoms with Crippen LogP contribution in [0.2, 0.25) is 0 Å². The first-order chi connectivity index (χ1) is 6.15. The highest BCUT2D eigenvalue weighted by Gasteiger charge is 2.31. The molecule has 1 aliphatic heterocycles. The summed E-state index contributed by atoms with van der Waals surface area (Å²) >= 11 is 0. The van der Waals surface area contributed by atoms with Crippen LogP contribution >= 0.6 is 0 Å². The van der Waals surface area contributed by atoms with Crippen molar-refractivity contribution in [1.82, 2.24) is 4.90 Å². The first kappa shape index (κ1) is 10.5. The molecule has 4 heteroatoms. The van der Waals surface area contributed by atoms with Gasteiger partial charge in [-0.15, -0.1) is 0 Å². The maximum absolute atomic E-state index is 11.3. The van der Waals surface area contributed by atoms with Gasteiger partial charge in [-0.1, -0.05) is 0 Å². The van der Waals surface area contributed by atoms with Gasteiger partial charge in [0.15, 0.2) is 0 Å². The number of β-amino-alcohol motifs (C(OH)–C–C–N with tert-alkyl or cyclic N) is 1. The van der Waals surface area contributed by atoms with Crippen molar-refractivity contribution in [2.45, 2.75) is 31.9 Å². The Balaban J connectivity index is 2.48. The Morgan fingerprint density at radius 3 is 3.00 bits per heavy atom. The fourth-order valence-electron chi connectivity index (χ4n) is 1.79. The minimum absolute atomic E-state index is 0.139. The predicted molar refractivity (Wildman–Crippen MR) is 48.3 cm³/mol. The van der Waals surface area contributed by atoms with Gasteiger partial charge < -0.3 is 9.84 Å². The van der Waals surface area contributed by atoms with Crippen molar-refractivity contribution in [3.05, 3.63) is 0 Å². The Labute approximate surface area is 78.5 Å². The number of esters is 1. The highest BCUT2D eigenvalue weighted by atomic mass is 16.5. The van der Waals surface area contributed by atoms with E-state index >= 15 is 0 Å². The number of hydrogen-bond acceptors (Lipinski definition) is 4. The maximum Gasteiger partial charge on any atom is 0.323 e. The molecule has 0 aliphatic carbocycles. The lowest BCUT2D eigenvalue weighted by molar-refractivity contribution is -0.146. The Kier molecular flexibility index (Phi) is 3.69. The molecule has 1 aliphatic rings. The van der Waals surface area contributed by atoms with Gasteiger partial charge in [0.2, 0.25) is 0 Å². The first-order valence-corrected chi connectivity index (χ1v) is 4.65. The lowest BCUT2D eigenvalue weighted by atomic mass is 10.2. The molecule has 0 bridgehead atoms. The molecule has 0 aromatic rings. The smallest absolute Gasteiger partial charge is 0.323 e. The van der Waals surface area contributed by atoms with Gasteiger partial charge in [0.1, 0.15) is 6.04 Å². The Morgan fingerprint density at radius 2 is 2.46 bits per heavy atom. The number of ether oxygens (including phenoxy) is 1. The van der Waals surface area contributed by atoms with Gasteiger partial charge in [-0.05, 0) is 26.3 Å². The molecule has 13 heavy (non-hydrogen) atoms. The third kappa shape index (κ3) is 2.67. The number of likely N-dealkylation sites (tertiary alicyclic amines) is 1. The fraction of sp³-hybridized carbons (Fsp3) is 0.889. The molecular weight excluding hydrogens is 170 g/mol. The zero-order valence-corrected chi connectivity index (χ0v) is 8.19. The molecule has 4 nitrogen and oxygen atoms in total. The summed E-state index contributed by atoms with van der Waals surface area (Å²) < 4.78 is 4.68. The van der Waals surface area contributed by atoms with Gasteiger partial charge >= 0.3 is 5.97 Å². The molecule has 0 spiro atoms. The van der Waals surface area contributed by atoms with Crippen LogP contribution < -0.4 is 0 Å². The van der Waals surface area contributed by atoms with Crippen molar-refractivity contribution in [2.75, 3.05) is 20.2 Å². The molecule has 2 unspecified atom stereocenters. The van der Waals surface area contributed by atoms with E-state index in [1.165, 1.54) is 7.11 Å². The number of rotatable bonds is 3. The maximum atomic E-state index is 11.3. The quantitative estimate of drug-likeness (QED) is 0.632. The van der Waals surface area contributed by atoms with E-state index in [9.17, 15) is 9.90 Å². The van der Waals surface area contributed by atoms with Gasteiger partial charge in [0.25, 0.3) is 0 Å². The minimum atomic E-state index is -0.384. The highest BCUT2D eigenvalue weighted by Crippen LogP contribution is 2.18. The van der Waals surface area contributed by atoms with Crippen LogP contribution in [0.25, 0.3) is 0 Å². The standard InChI is InChI=1S/C9H17NO3/c1-7(11)6-10-5-3-4-8(10)9(12)13-2/h7-8,11H,3-6H2,1-2H3. The number of methoxy groups -OCH3 is 1. The molecule has 1 saturated heterocycles. The van der Waals surface area contributed by atoms with E-state index in [1.54, 1.807) is 6.92 Å². The molecule has 1 fully saturated rings. The molecule has 0 amide bonds. The average molecular weight is 187 g/mol. The Hall–Kier alpha value is -0.610. The van der Waals surface area contributed by atoms with Crippen molar-refractivity contribution in [2.24, 2.45) is 0 Å². The number of hydrogen-bond donors (Lipinski definition) is 1. The average Bonchev–Trinajstić information content (AvgIpc) is 2.50. The fourth-order valence-corrected chi connectivity index (χ4v) is 1.79. The van der Waals surface area contributed by atoms with Gasteiger partial charge in [0.05, 0.1) is 13.2 Å². The molecule has 1 heterocycles. The minimum Gasteiger partial charge on any atom is -0.468 e. The second-order valence-electron chi connectivity index (χ2n) is 3.53. The van der Waals surface area contributed by atoms with Crippen molar-refractivity contribution in [1.29, 1.82) is 0 Å². The summed E-state index contributed by atoms with van der Waals surface area (Å²) in [5.74, 6) is -0.182. The van der Waals surface area contributed by atoms with Crippen molar-refractivity contribution >= 4 is 5.97 Å². The van der Waals surface area contributed by atoms with Crippen molar-refractivity contribution in [3.63, 3.8) is 0 Å². The van der Waals surface area contributed by atoms with Gasteiger partial charge in [-0.2, -0.15) is 0 Å². The lowest BCUT2D eigenvalue weighted by Crippen LogP contribution is -2.40. The van der Waals surface area contributed by atoms with Crippen LogP contribution in [0.5, 0.6) is 0 Å². The van der Waals surface area contributed by atoms with E-state index in [0.717, 1.165) is 19.4 Å². The van der Waals surface area contributed by atoms with Gasteiger partial charge in [-0.25, -0.2) is 0 Å². The summed E-state index contributed by atoms with van der Waals surface area (Å²) in [6.07, 6.45) is 1.47. The zero-order valence-electron chi connectivity index (χ0n) is 8.19. The molecule has 0 aromatic carbocycles. The summed E-state index contributed by atoms with van der Waals surface area (Å²) in [5, 5.41) is 9.19. The topological polar surface area (TPSA) is 49.8 Å². The molecule has 0 saturated carbocycles. The number of nitrogens with zero attached hydrogens (tertiary/aromatic N) is 1. The lowest BCUT2D eigenvalue weighted by Gasteiger charge is -2.23. The Morgan fingerprint density at radius 1 is 1.77 bits per heavy atom. The molecule has 1 N–H and O–H groups in total. The molecule has 76 valence electrons. The second kappa shape index (κ2) is 4.58. The van der Waals surface area contributed by atoms with E-state index < -0.39 is 0 Å². The summed E-state index contributed by atoms with van der Waals surface area (Å²) in [5.41, 5.74) is 0. The Bertz CT molecular complexity index is 182. The molecule has 1 rings (SSSR count). The number of aliphatic hydroxyl groups is 1. The van der Waals surface area contributed by atoms with Crippen LogP contribution in [0.1, 0.15) is 19.8 Å². The monoisotopic (exact) mass is 187 g/mol. The second-order valence-corrected chi connectivity index (χ2v) is 3.53. The van der Waals surface area contributed by atoms with E-state index in [-0.39, 0.29) is 18.1 Å². The predicted octanol–water partition coefficient (Wildman–Crippen LogP) is 0.00460. The highest BCUT2D eigenvalue weighted by molar-refractivity contribution is 5.75. The number of aliphatic hydroxyl groups excluding tert-OH is 1. The van der Waals surface area contributed by atoms with Crippen molar-refractivity contribution in [3.8, 4) is 0 Å². The van der Waals surface area contributed by atoms with Crippen LogP contribution in [-0.4, -0.2) is 48.3 Å².